The number of aromatic nitrogens is 2. The summed E-state index contributed by atoms with van der Waals surface area (Å²) in [6.45, 7) is 6.70. The second-order valence-electron chi connectivity index (χ2n) is 9.04. The molecule has 2 unspecified atom stereocenters. The summed E-state index contributed by atoms with van der Waals surface area (Å²) < 4.78 is 1.59. The molecule has 2 atom stereocenters. The standard InChI is InChI=1S/C29H30ClN3O2S/c1-5-19(2)22-11-14-24(15-12-22)33-28(35)25-17-23(30)13-16-26(25)31-29(33)36-20(3)27(34)32(4)18-21-9-7-6-8-10-21/h6-17,19-20H,5,18H2,1-4H3. The van der Waals surface area contributed by atoms with E-state index in [9.17, 15) is 9.59 Å². The molecule has 0 aliphatic carbocycles. The fourth-order valence-corrected chi connectivity index (χ4v) is 5.30. The van der Waals surface area contributed by atoms with Gasteiger partial charge in [-0.25, -0.2) is 4.98 Å². The predicted molar refractivity (Wildman–Crippen MR) is 149 cm³/mol. The zero-order valence-electron chi connectivity index (χ0n) is 20.9. The van der Waals surface area contributed by atoms with Gasteiger partial charge in [0.1, 0.15) is 0 Å². The van der Waals surface area contributed by atoms with Crippen molar-refractivity contribution in [1.82, 2.24) is 14.5 Å². The molecule has 0 N–H and O–H groups in total. The van der Waals surface area contributed by atoms with E-state index in [0.29, 0.717) is 39.2 Å². The predicted octanol–water partition coefficient (Wildman–Crippen LogP) is 6.69. The molecule has 1 amide bonds. The molecule has 0 fully saturated rings. The first-order chi connectivity index (χ1) is 17.3. The number of amides is 1. The van der Waals surface area contributed by atoms with Gasteiger partial charge in [0.15, 0.2) is 5.16 Å². The lowest BCUT2D eigenvalue weighted by atomic mass is 9.98. The normalized spacial score (nSPS) is 12.9. The third-order valence-corrected chi connectivity index (χ3v) is 7.68. The zero-order valence-corrected chi connectivity index (χ0v) is 22.5. The van der Waals surface area contributed by atoms with Crippen LogP contribution in [0.1, 0.15) is 44.2 Å². The second-order valence-corrected chi connectivity index (χ2v) is 10.8. The van der Waals surface area contributed by atoms with Gasteiger partial charge in [-0.1, -0.05) is 79.7 Å². The van der Waals surface area contributed by atoms with Crippen molar-refractivity contribution in [2.45, 2.75) is 50.1 Å². The molecule has 1 heterocycles. The second kappa shape index (κ2) is 11.3. The number of benzene rings is 3. The molecule has 0 radical (unpaired) electrons. The lowest BCUT2D eigenvalue weighted by molar-refractivity contribution is -0.129. The maximum absolute atomic E-state index is 13.7. The largest absolute Gasteiger partial charge is 0.340 e. The Hall–Kier alpha value is -3.09. The third kappa shape index (κ3) is 5.66. The van der Waals surface area contributed by atoms with Gasteiger partial charge < -0.3 is 4.90 Å². The summed E-state index contributed by atoms with van der Waals surface area (Å²) in [7, 11) is 1.79. The highest BCUT2D eigenvalue weighted by Crippen LogP contribution is 2.28. The summed E-state index contributed by atoms with van der Waals surface area (Å²) in [6.07, 6.45) is 1.03. The van der Waals surface area contributed by atoms with E-state index in [1.54, 1.807) is 34.7 Å². The molecule has 4 aromatic rings. The smallest absolute Gasteiger partial charge is 0.266 e. The topological polar surface area (TPSA) is 55.2 Å². The average molecular weight is 520 g/mol. The molecule has 5 nitrogen and oxygen atoms in total. The van der Waals surface area contributed by atoms with E-state index in [-0.39, 0.29) is 11.5 Å². The minimum Gasteiger partial charge on any atom is -0.340 e. The van der Waals surface area contributed by atoms with Gasteiger partial charge in [0.25, 0.3) is 5.56 Å². The van der Waals surface area contributed by atoms with E-state index < -0.39 is 5.25 Å². The van der Waals surface area contributed by atoms with Gasteiger partial charge in [-0.05, 0) is 60.7 Å². The molecule has 0 aliphatic rings. The van der Waals surface area contributed by atoms with E-state index in [1.165, 1.54) is 17.3 Å². The fraction of sp³-hybridized carbons (Fsp3) is 0.276. The molecule has 0 saturated heterocycles. The highest BCUT2D eigenvalue weighted by Gasteiger charge is 2.23. The maximum atomic E-state index is 13.7. The van der Waals surface area contributed by atoms with Gasteiger partial charge in [0, 0.05) is 18.6 Å². The minimum atomic E-state index is -0.444. The Morgan fingerprint density at radius 2 is 1.75 bits per heavy atom. The van der Waals surface area contributed by atoms with E-state index >= 15 is 0 Å². The molecule has 0 bridgehead atoms. The number of rotatable bonds is 8. The van der Waals surface area contributed by atoms with Crippen LogP contribution in [-0.4, -0.2) is 32.7 Å². The lowest BCUT2D eigenvalue weighted by Crippen LogP contribution is -2.33. The van der Waals surface area contributed by atoms with Crippen molar-refractivity contribution >= 4 is 40.2 Å². The quantitative estimate of drug-likeness (QED) is 0.192. The van der Waals surface area contributed by atoms with Crippen LogP contribution in [0.4, 0.5) is 0 Å². The molecule has 1 aromatic heterocycles. The van der Waals surface area contributed by atoms with Crippen LogP contribution in [0, 0.1) is 0 Å². The first kappa shape index (κ1) is 26.0. The van der Waals surface area contributed by atoms with E-state index in [4.69, 9.17) is 16.6 Å². The van der Waals surface area contributed by atoms with Crippen molar-refractivity contribution in [3.63, 3.8) is 0 Å². The van der Waals surface area contributed by atoms with Crippen molar-refractivity contribution in [2.75, 3.05) is 7.05 Å². The van der Waals surface area contributed by atoms with Crippen LogP contribution < -0.4 is 5.56 Å². The Morgan fingerprint density at radius 1 is 1.06 bits per heavy atom. The van der Waals surface area contributed by atoms with Crippen LogP contribution in [0.3, 0.4) is 0 Å². The van der Waals surface area contributed by atoms with Gasteiger partial charge in [-0.2, -0.15) is 0 Å². The van der Waals surface area contributed by atoms with Crippen molar-refractivity contribution in [1.29, 1.82) is 0 Å². The van der Waals surface area contributed by atoms with E-state index in [0.717, 1.165) is 12.0 Å². The number of carbonyl (C=O) groups excluding carboxylic acids is 1. The van der Waals surface area contributed by atoms with Crippen LogP contribution >= 0.6 is 23.4 Å². The van der Waals surface area contributed by atoms with Crippen LogP contribution in [0.15, 0.2) is 82.7 Å². The Labute approximate surface area is 221 Å². The molecule has 4 rings (SSSR count). The number of carbonyl (C=O) groups is 1. The molecule has 36 heavy (non-hydrogen) atoms. The Morgan fingerprint density at radius 3 is 2.42 bits per heavy atom. The highest BCUT2D eigenvalue weighted by atomic mass is 35.5. The van der Waals surface area contributed by atoms with Gasteiger partial charge in [0.2, 0.25) is 5.91 Å². The SMILES string of the molecule is CCC(C)c1ccc(-n2c(SC(C)C(=O)N(C)Cc3ccccc3)nc3ccc(Cl)cc3c2=O)cc1. The average Bonchev–Trinajstić information content (AvgIpc) is 2.89. The number of fused-ring (bicyclic) bond motifs is 1. The molecular formula is C29H30ClN3O2S. The van der Waals surface area contributed by atoms with Crippen molar-refractivity contribution < 1.29 is 4.79 Å². The van der Waals surface area contributed by atoms with Gasteiger partial charge in [-0.3, -0.25) is 14.2 Å². The lowest BCUT2D eigenvalue weighted by Gasteiger charge is -2.22. The first-order valence-corrected chi connectivity index (χ1v) is 13.3. The van der Waals surface area contributed by atoms with Crippen molar-refractivity contribution in [2.24, 2.45) is 0 Å². The first-order valence-electron chi connectivity index (χ1n) is 12.1. The highest BCUT2D eigenvalue weighted by molar-refractivity contribution is 8.00. The summed E-state index contributed by atoms with van der Waals surface area (Å²) >= 11 is 7.48. The summed E-state index contributed by atoms with van der Waals surface area (Å²) in [5, 5.41) is 0.950. The summed E-state index contributed by atoms with van der Waals surface area (Å²) in [6, 6.07) is 23.0. The van der Waals surface area contributed by atoms with E-state index in [1.807, 2.05) is 49.4 Å². The number of hydrogen-bond acceptors (Lipinski definition) is 4. The molecular weight excluding hydrogens is 490 g/mol. The monoisotopic (exact) mass is 519 g/mol. The zero-order chi connectivity index (χ0) is 25.8. The number of thioether (sulfide) groups is 1. The number of nitrogens with zero attached hydrogens (tertiary/aromatic N) is 3. The number of hydrogen-bond donors (Lipinski definition) is 0. The van der Waals surface area contributed by atoms with Crippen molar-refractivity contribution in [3.05, 3.63) is 99.3 Å². The third-order valence-electron chi connectivity index (χ3n) is 6.40. The summed E-state index contributed by atoms with van der Waals surface area (Å²) in [4.78, 5) is 33.4. The van der Waals surface area contributed by atoms with Gasteiger partial charge >= 0.3 is 0 Å². The maximum Gasteiger partial charge on any atom is 0.266 e. The fourth-order valence-electron chi connectivity index (χ4n) is 4.09. The van der Waals surface area contributed by atoms with Crippen LogP contribution in [0.25, 0.3) is 16.6 Å². The summed E-state index contributed by atoms with van der Waals surface area (Å²) in [5.41, 5.74) is 3.33. The Bertz CT molecular complexity index is 1420. The van der Waals surface area contributed by atoms with Crippen LogP contribution in [0.5, 0.6) is 0 Å². The van der Waals surface area contributed by atoms with Gasteiger partial charge in [0.05, 0.1) is 21.8 Å². The van der Waals surface area contributed by atoms with Gasteiger partial charge in [-0.15, -0.1) is 0 Å². The molecule has 0 aliphatic heterocycles. The Kier molecular flexibility index (Phi) is 8.17. The molecule has 7 heteroatoms. The van der Waals surface area contributed by atoms with E-state index in [2.05, 4.69) is 26.0 Å². The van der Waals surface area contributed by atoms with Crippen molar-refractivity contribution in [3.8, 4) is 5.69 Å². The van der Waals surface area contributed by atoms with Crippen LogP contribution in [0.2, 0.25) is 5.02 Å². The molecule has 186 valence electrons. The number of halogens is 1. The summed E-state index contributed by atoms with van der Waals surface area (Å²) in [5.74, 6) is 0.393. The van der Waals surface area contributed by atoms with Crippen LogP contribution in [-0.2, 0) is 11.3 Å². The molecule has 3 aromatic carbocycles. The Balaban J connectivity index is 1.71. The minimum absolute atomic E-state index is 0.0343. The molecule has 0 spiro atoms. The molecule has 0 saturated carbocycles.